The number of rotatable bonds is 5. The lowest BCUT2D eigenvalue weighted by Crippen LogP contribution is -2.20. The molecule has 4 nitrogen and oxygen atoms in total. The Kier molecular flexibility index (Phi) is 5.47. The molecule has 0 heterocycles. The molecule has 0 saturated carbocycles. The molecule has 110 valence electrons. The van der Waals surface area contributed by atoms with Crippen molar-refractivity contribution in [3.05, 3.63) is 52.0 Å². The van der Waals surface area contributed by atoms with Crippen LogP contribution < -0.4 is 14.8 Å². The minimum absolute atomic E-state index is 0.115. The number of benzene rings is 2. The third-order valence-electron chi connectivity index (χ3n) is 2.60. The molecule has 2 rings (SSSR count). The fourth-order valence-electron chi connectivity index (χ4n) is 1.67. The van der Waals surface area contributed by atoms with Crippen molar-refractivity contribution in [1.29, 1.82) is 0 Å². The number of hydrogen-bond acceptors (Lipinski definition) is 3. The highest BCUT2D eigenvalue weighted by molar-refractivity contribution is 9.10. The SMILES string of the molecule is COc1ccc(Br)cc1NC(=O)COc1cccc(Cl)c1. The van der Waals surface area contributed by atoms with E-state index in [4.69, 9.17) is 21.1 Å². The fourth-order valence-corrected chi connectivity index (χ4v) is 2.21. The van der Waals surface area contributed by atoms with Crippen molar-refractivity contribution in [2.45, 2.75) is 0 Å². The summed E-state index contributed by atoms with van der Waals surface area (Å²) in [7, 11) is 1.54. The molecule has 0 saturated heterocycles. The number of nitrogens with one attached hydrogen (secondary N) is 1. The van der Waals surface area contributed by atoms with Crippen LogP contribution in [0.1, 0.15) is 0 Å². The number of carbonyl (C=O) groups excluding carboxylic acids is 1. The van der Waals surface area contributed by atoms with E-state index in [-0.39, 0.29) is 12.5 Å². The number of ether oxygens (including phenoxy) is 2. The summed E-state index contributed by atoms with van der Waals surface area (Å²) in [5.41, 5.74) is 0.576. The van der Waals surface area contributed by atoms with E-state index in [0.29, 0.717) is 22.2 Å². The second-order valence-electron chi connectivity index (χ2n) is 4.14. The molecule has 0 bridgehead atoms. The summed E-state index contributed by atoms with van der Waals surface area (Å²) in [5.74, 6) is 0.833. The average molecular weight is 371 g/mol. The van der Waals surface area contributed by atoms with E-state index in [1.165, 1.54) is 0 Å². The van der Waals surface area contributed by atoms with Crippen LogP contribution in [0.15, 0.2) is 46.9 Å². The van der Waals surface area contributed by atoms with E-state index < -0.39 is 0 Å². The van der Waals surface area contributed by atoms with Gasteiger partial charge in [-0.2, -0.15) is 0 Å². The smallest absolute Gasteiger partial charge is 0.262 e. The number of halogens is 2. The molecule has 2 aromatic carbocycles. The van der Waals surface area contributed by atoms with Crippen molar-refractivity contribution in [1.82, 2.24) is 0 Å². The highest BCUT2D eigenvalue weighted by Gasteiger charge is 2.09. The number of amides is 1. The minimum atomic E-state index is -0.286. The Bertz CT molecular complexity index is 649. The molecule has 0 aliphatic heterocycles. The Hall–Kier alpha value is -1.72. The van der Waals surface area contributed by atoms with Crippen molar-refractivity contribution >= 4 is 39.1 Å². The van der Waals surface area contributed by atoms with Crippen LogP contribution in [0.2, 0.25) is 5.02 Å². The van der Waals surface area contributed by atoms with Gasteiger partial charge in [0.1, 0.15) is 11.5 Å². The van der Waals surface area contributed by atoms with E-state index in [2.05, 4.69) is 21.2 Å². The van der Waals surface area contributed by atoms with Crippen LogP contribution in [0.5, 0.6) is 11.5 Å². The van der Waals surface area contributed by atoms with Crippen molar-refractivity contribution in [2.75, 3.05) is 19.0 Å². The second-order valence-corrected chi connectivity index (χ2v) is 5.49. The maximum Gasteiger partial charge on any atom is 0.262 e. The van der Waals surface area contributed by atoms with Crippen LogP contribution in [0.25, 0.3) is 0 Å². The number of methoxy groups -OCH3 is 1. The molecule has 0 atom stereocenters. The van der Waals surface area contributed by atoms with Gasteiger partial charge in [0.2, 0.25) is 0 Å². The molecule has 21 heavy (non-hydrogen) atoms. The average Bonchev–Trinajstić information content (AvgIpc) is 2.45. The second kappa shape index (κ2) is 7.33. The minimum Gasteiger partial charge on any atom is -0.495 e. The van der Waals surface area contributed by atoms with Gasteiger partial charge < -0.3 is 14.8 Å². The number of carbonyl (C=O) groups is 1. The molecule has 6 heteroatoms. The molecule has 0 radical (unpaired) electrons. The monoisotopic (exact) mass is 369 g/mol. The highest BCUT2D eigenvalue weighted by atomic mass is 79.9. The first-order valence-corrected chi connectivity index (χ1v) is 7.27. The molecule has 0 spiro atoms. The van der Waals surface area contributed by atoms with Crippen LogP contribution in [0, 0.1) is 0 Å². The van der Waals surface area contributed by atoms with Gasteiger partial charge >= 0.3 is 0 Å². The van der Waals surface area contributed by atoms with Crippen LogP contribution >= 0.6 is 27.5 Å². The maximum atomic E-state index is 11.9. The van der Waals surface area contributed by atoms with E-state index >= 15 is 0 Å². The quantitative estimate of drug-likeness (QED) is 0.861. The summed E-state index contributed by atoms with van der Waals surface area (Å²) in [6.07, 6.45) is 0. The summed E-state index contributed by atoms with van der Waals surface area (Å²) < 4.78 is 11.4. The third-order valence-corrected chi connectivity index (χ3v) is 3.33. The summed E-state index contributed by atoms with van der Waals surface area (Å²) >= 11 is 9.19. The summed E-state index contributed by atoms with van der Waals surface area (Å²) in [5, 5.41) is 3.29. The van der Waals surface area contributed by atoms with E-state index in [1.54, 1.807) is 43.5 Å². The molecule has 0 aliphatic rings. The lowest BCUT2D eigenvalue weighted by atomic mass is 10.3. The highest BCUT2D eigenvalue weighted by Crippen LogP contribution is 2.27. The standard InChI is InChI=1S/C15H13BrClNO3/c1-20-14-6-5-10(16)7-13(14)18-15(19)9-21-12-4-2-3-11(17)8-12/h2-8H,9H2,1H3,(H,18,19). The Balaban J connectivity index is 1.97. The van der Waals surface area contributed by atoms with Crippen molar-refractivity contribution in [3.8, 4) is 11.5 Å². The lowest BCUT2D eigenvalue weighted by Gasteiger charge is -2.11. The number of anilines is 1. The van der Waals surface area contributed by atoms with Gasteiger partial charge in [-0.15, -0.1) is 0 Å². The van der Waals surface area contributed by atoms with Gasteiger partial charge in [0.05, 0.1) is 12.8 Å². The van der Waals surface area contributed by atoms with Crippen LogP contribution in [0.4, 0.5) is 5.69 Å². The first kappa shape index (κ1) is 15.7. The zero-order chi connectivity index (χ0) is 15.2. The van der Waals surface area contributed by atoms with Crippen molar-refractivity contribution in [2.24, 2.45) is 0 Å². The Morgan fingerprint density at radius 1 is 1.29 bits per heavy atom. The normalized spacial score (nSPS) is 10.0. The van der Waals surface area contributed by atoms with Crippen molar-refractivity contribution in [3.63, 3.8) is 0 Å². The molecular formula is C15H13BrClNO3. The largest absolute Gasteiger partial charge is 0.495 e. The Morgan fingerprint density at radius 2 is 2.10 bits per heavy atom. The molecule has 2 aromatic rings. The molecule has 1 amide bonds. The third kappa shape index (κ3) is 4.65. The first-order chi connectivity index (χ1) is 10.1. The molecule has 0 aliphatic carbocycles. The van der Waals surface area contributed by atoms with E-state index in [1.807, 2.05) is 6.07 Å². The lowest BCUT2D eigenvalue weighted by molar-refractivity contribution is -0.118. The van der Waals surface area contributed by atoms with Gasteiger partial charge in [0, 0.05) is 9.50 Å². The van der Waals surface area contributed by atoms with Gasteiger partial charge in [-0.25, -0.2) is 0 Å². The molecule has 0 fully saturated rings. The fraction of sp³-hybridized carbons (Fsp3) is 0.133. The zero-order valence-corrected chi connectivity index (χ0v) is 13.6. The number of hydrogen-bond donors (Lipinski definition) is 1. The van der Waals surface area contributed by atoms with Crippen LogP contribution in [-0.2, 0) is 4.79 Å². The molecule has 0 aromatic heterocycles. The van der Waals surface area contributed by atoms with Gasteiger partial charge in [-0.05, 0) is 36.4 Å². The van der Waals surface area contributed by atoms with Gasteiger partial charge in [0.15, 0.2) is 6.61 Å². The van der Waals surface area contributed by atoms with Gasteiger partial charge in [0.25, 0.3) is 5.91 Å². The predicted molar refractivity (Wildman–Crippen MR) is 86.3 cm³/mol. The van der Waals surface area contributed by atoms with E-state index in [9.17, 15) is 4.79 Å². The maximum absolute atomic E-state index is 11.9. The topological polar surface area (TPSA) is 47.6 Å². The Labute approximate surface area is 136 Å². The van der Waals surface area contributed by atoms with Gasteiger partial charge in [-0.1, -0.05) is 33.6 Å². The molecular weight excluding hydrogens is 358 g/mol. The first-order valence-electron chi connectivity index (χ1n) is 6.10. The van der Waals surface area contributed by atoms with Crippen molar-refractivity contribution < 1.29 is 14.3 Å². The molecule has 1 N–H and O–H groups in total. The predicted octanol–water partition coefficient (Wildman–Crippen LogP) is 4.13. The zero-order valence-electron chi connectivity index (χ0n) is 11.2. The summed E-state index contributed by atoms with van der Waals surface area (Å²) in [4.78, 5) is 11.9. The van der Waals surface area contributed by atoms with Gasteiger partial charge in [-0.3, -0.25) is 4.79 Å². The summed E-state index contributed by atoms with van der Waals surface area (Å²) in [6, 6.07) is 12.2. The Morgan fingerprint density at radius 3 is 2.81 bits per heavy atom. The molecule has 0 unspecified atom stereocenters. The van der Waals surface area contributed by atoms with Crippen LogP contribution in [-0.4, -0.2) is 19.6 Å². The van der Waals surface area contributed by atoms with Crippen LogP contribution in [0.3, 0.4) is 0 Å². The summed E-state index contributed by atoms with van der Waals surface area (Å²) in [6.45, 7) is -0.115. The van der Waals surface area contributed by atoms with E-state index in [0.717, 1.165) is 4.47 Å².